The molecule has 0 aromatic heterocycles. The van der Waals surface area contributed by atoms with E-state index in [2.05, 4.69) is 75.5 Å². The number of halogens is 3. The summed E-state index contributed by atoms with van der Waals surface area (Å²) in [6.45, 7) is 7.13. The topological polar surface area (TPSA) is 18.5 Å². The van der Waals surface area contributed by atoms with Gasteiger partial charge < -0.3 is 9.05 Å². The van der Waals surface area contributed by atoms with E-state index in [4.69, 9.17) is 20.9 Å². The molecule has 2 nitrogen and oxygen atoms in total. The van der Waals surface area contributed by atoms with Gasteiger partial charge >= 0.3 is 0 Å². The zero-order valence-electron chi connectivity index (χ0n) is 10.6. The largest absolute Gasteiger partial charge is 0.329 e. The van der Waals surface area contributed by atoms with E-state index in [1.54, 1.807) is 0 Å². The Bertz CT molecular complexity index is 274. The first kappa shape index (κ1) is 19.0. The van der Waals surface area contributed by atoms with Crippen LogP contribution in [0.2, 0.25) is 0 Å². The summed E-state index contributed by atoms with van der Waals surface area (Å²) in [6.07, 6.45) is 2.11. The van der Waals surface area contributed by atoms with Gasteiger partial charge in [-0.05, 0) is 18.2 Å². The van der Waals surface area contributed by atoms with Crippen LogP contribution in [0.25, 0.3) is 0 Å². The molecule has 0 aliphatic heterocycles. The van der Waals surface area contributed by atoms with E-state index in [1.165, 1.54) is 0 Å². The minimum Gasteiger partial charge on any atom is -0.329 e. The second-order valence-electron chi connectivity index (χ2n) is 4.74. The lowest BCUT2D eigenvalue weighted by atomic mass is 10.3. The summed E-state index contributed by atoms with van der Waals surface area (Å²) in [6, 6.07) is 0. The average Bonchev–Trinajstić information content (AvgIpc) is 2.12. The van der Waals surface area contributed by atoms with Crippen LogP contribution >= 0.6 is 54.3 Å². The molecule has 0 saturated heterocycles. The molecule has 1 unspecified atom stereocenters. The van der Waals surface area contributed by atoms with E-state index in [-0.39, 0.29) is 5.16 Å². The molecule has 0 saturated carbocycles. The number of hydrogen-bond donors (Lipinski definition) is 0. The lowest BCUT2D eigenvalue weighted by Gasteiger charge is -2.35. The van der Waals surface area contributed by atoms with Crippen molar-refractivity contribution >= 4 is 66.1 Å². The number of alkyl halides is 3. The Labute approximate surface area is 135 Å². The molecule has 1 atom stereocenters. The molecular weight excluding hydrogens is 455 g/mol. The van der Waals surface area contributed by atoms with Crippen LogP contribution < -0.4 is 0 Å². The number of unbranched alkanes of at least 4 members (excludes halogenated alkanes) is 1. The minimum atomic E-state index is -2.29. The van der Waals surface area contributed by atoms with Crippen molar-refractivity contribution in [1.29, 1.82) is 0 Å². The van der Waals surface area contributed by atoms with Gasteiger partial charge in [-0.25, -0.2) is 0 Å². The normalized spacial score (nSPS) is 16.9. The molecule has 0 spiro atoms. The molecule has 17 heavy (non-hydrogen) atoms. The third kappa shape index (κ3) is 8.01. The first-order chi connectivity index (χ1) is 7.52. The van der Waals surface area contributed by atoms with Gasteiger partial charge in [0.15, 0.2) is 8.63 Å². The maximum Gasteiger partial charge on any atom is 0.194 e. The summed E-state index contributed by atoms with van der Waals surface area (Å²) in [5, 5.41) is -0.158. The zero-order chi connectivity index (χ0) is 13.7. The number of rotatable bonds is 6. The summed E-state index contributed by atoms with van der Waals surface area (Å²) < 4.78 is 11.3. The fourth-order valence-corrected chi connectivity index (χ4v) is 3.75. The van der Waals surface area contributed by atoms with Crippen LogP contribution in [0.4, 0.5) is 0 Å². The molecule has 104 valence electrons. The van der Waals surface area contributed by atoms with Crippen LogP contribution in [-0.4, -0.2) is 20.5 Å². The first-order valence-corrected chi connectivity index (χ1v) is 10.5. The van der Waals surface area contributed by atoms with E-state index < -0.39 is 8.63 Å². The predicted molar refractivity (Wildman–Crippen MR) is 90.4 cm³/mol. The Morgan fingerprint density at radius 2 is 1.65 bits per heavy atom. The molecule has 7 heteroatoms. The third-order valence-electron chi connectivity index (χ3n) is 1.98. The van der Waals surface area contributed by atoms with Gasteiger partial charge in [0.25, 0.3) is 0 Å². The van der Waals surface area contributed by atoms with Crippen LogP contribution in [0.15, 0.2) is 0 Å². The maximum absolute atomic E-state index is 5.87. The van der Waals surface area contributed by atoms with E-state index in [0.29, 0.717) is 13.2 Å². The molecule has 0 amide bonds. The molecule has 0 fully saturated rings. The SMILES string of the molecule is CCCCOP(=S)(OCC(Br)(Br)Br)C(C)(C)C. The highest BCUT2D eigenvalue weighted by Gasteiger charge is 2.36. The van der Waals surface area contributed by atoms with Crippen molar-refractivity contribution in [2.24, 2.45) is 0 Å². The molecule has 0 bridgehead atoms. The lowest BCUT2D eigenvalue weighted by molar-refractivity contribution is 0.236. The standard InChI is InChI=1S/C10H20Br3O2PS/c1-5-6-7-14-16(17,9(2,3)4)15-8-10(11,12)13/h5-8H2,1-4H3. The monoisotopic (exact) mass is 472 g/mol. The van der Waals surface area contributed by atoms with Crippen LogP contribution in [-0.2, 0) is 20.9 Å². The smallest absolute Gasteiger partial charge is 0.194 e. The van der Waals surface area contributed by atoms with Crippen molar-refractivity contribution in [2.75, 3.05) is 13.2 Å². The van der Waals surface area contributed by atoms with Crippen molar-refractivity contribution in [1.82, 2.24) is 0 Å². The summed E-state index contributed by atoms with van der Waals surface area (Å²) in [4.78, 5) is 0. The molecule has 0 rings (SSSR count). The quantitative estimate of drug-likeness (QED) is 0.277. The highest BCUT2D eigenvalue weighted by Crippen LogP contribution is 2.61. The third-order valence-corrected chi connectivity index (χ3v) is 7.58. The van der Waals surface area contributed by atoms with Crippen molar-refractivity contribution in [3.05, 3.63) is 0 Å². The second-order valence-corrected chi connectivity index (χ2v) is 16.3. The van der Waals surface area contributed by atoms with Gasteiger partial charge in [0.05, 0.1) is 13.2 Å². The number of hydrogen-bond acceptors (Lipinski definition) is 3. The Kier molecular flexibility index (Phi) is 8.61. The highest BCUT2D eigenvalue weighted by atomic mass is 80.0. The molecular formula is C10H20Br3O2PS. The van der Waals surface area contributed by atoms with E-state index in [1.807, 2.05) is 0 Å². The van der Waals surface area contributed by atoms with Gasteiger partial charge in [-0.15, -0.1) is 0 Å². The van der Waals surface area contributed by atoms with Crippen LogP contribution in [0.3, 0.4) is 0 Å². The van der Waals surface area contributed by atoms with Crippen LogP contribution in [0, 0.1) is 0 Å². The van der Waals surface area contributed by atoms with Gasteiger partial charge in [0.2, 0.25) is 0 Å². The molecule has 0 aliphatic carbocycles. The zero-order valence-corrected chi connectivity index (χ0v) is 17.1. The summed E-state index contributed by atoms with van der Waals surface area (Å²) in [5.74, 6) is 0. The maximum atomic E-state index is 5.87. The fraction of sp³-hybridized carbons (Fsp3) is 1.00. The molecule has 0 heterocycles. The Hall–Kier alpha value is 2.01. The Morgan fingerprint density at radius 3 is 2.00 bits per heavy atom. The highest BCUT2D eigenvalue weighted by molar-refractivity contribution is 9.39. The van der Waals surface area contributed by atoms with Crippen molar-refractivity contribution in [2.45, 2.75) is 47.8 Å². The van der Waals surface area contributed by atoms with Gasteiger partial charge in [-0.2, -0.15) is 0 Å². The summed E-state index contributed by atoms with van der Waals surface area (Å²) in [5.41, 5.74) is 0. The average molecular weight is 475 g/mol. The van der Waals surface area contributed by atoms with Crippen molar-refractivity contribution in [3.63, 3.8) is 0 Å². The van der Waals surface area contributed by atoms with Crippen LogP contribution in [0.1, 0.15) is 40.5 Å². The van der Waals surface area contributed by atoms with Crippen molar-refractivity contribution in [3.8, 4) is 0 Å². The van der Waals surface area contributed by atoms with Gasteiger partial charge in [-0.3, -0.25) is 0 Å². The fourth-order valence-electron chi connectivity index (χ4n) is 0.912. The molecule has 0 N–H and O–H groups in total. The minimum absolute atomic E-state index is 0.158. The van der Waals surface area contributed by atoms with Gasteiger partial charge in [0, 0.05) is 5.16 Å². The lowest BCUT2D eigenvalue weighted by Crippen LogP contribution is -2.22. The Balaban J connectivity index is 4.58. The summed E-state index contributed by atoms with van der Waals surface area (Å²) in [7, 11) is 0. The van der Waals surface area contributed by atoms with Gasteiger partial charge in [0.1, 0.15) is 0 Å². The van der Waals surface area contributed by atoms with Crippen LogP contribution in [0.5, 0.6) is 0 Å². The van der Waals surface area contributed by atoms with E-state index >= 15 is 0 Å². The molecule has 0 radical (unpaired) electrons. The predicted octanol–water partition coefficient (Wildman–Crippen LogP) is 5.77. The van der Waals surface area contributed by atoms with E-state index in [9.17, 15) is 0 Å². The summed E-state index contributed by atoms with van der Waals surface area (Å²) >= 11 is 15.8. The van der Waals surface area contributed by atoms with Crippen molar-refractivity contribution < 1.29 is 9.05 Å². The van der Waals surface area contributed by atoms with E-state index in [0.717, 1.165) is 12.8 Å². The first-order valence-electron chi connectivity index (χ1n) is 5.48. The molecule has 0 aliphatic rings. The van der Waals surface area contributed by atoms with Gasteiger partial charge in [-0.1, -0.05) is 81.9 Å². The second kappa shape index (κ2) is 7.70. The molecule has 0 aromatic rings. The Morgan fingerprint density at radius 1 is 1.12 bits per heavy atom. The molecule has 0 aromatic carbocycles.